The van der Waals surface area contributed by atoms with Gasteiger partial charge >= 0.3 is 0 Å². The summed E-state index contributed by atoms with van der Waals surface area (Å²) >= 11 is 6.19. The average molecular weight is 397 g/mol. The molecule has 7 heteroatoms. The third kappa shape index (κ3) is 4.60. The van der Waals surface area contributed by atoms with E-state index in [0.29, 0.717) is 35.8 Å². The topological polar surface area (TPSA) is 66.5 Å². The number of anilines is 1. The van der Waals surface area contributed by atoms with Gasteiger partial charge < -0.3 is 5.32 Å². The van der Waals surface area contributed by atoms with Crippen LogP contribution in [0.1, 0.15) is 55.3 Å². The van der Waals surface area contributed by atoms with Gasteiger partial charge in [-0.2, -0.15) is 0 Å². The smallest absolute Gasteiger partial charge is 0.252 e. The third-order valence-corrected chi connectivity index (χ3v) is 7.15. The molecule has 0 spiro atoms. The monoisotopic (exact) mass is 396 g/mol. The van der Waals surface area contributed by atoms with Crippen molar-refractivity contribution in [1.82, 2.24) is 5.32 Å². The van der Waals surface area contributed by atoms with Gasteiger partial charge in [0.1, 0.15) is 0 Å². The zero-order chi connectivity index (χ0) is 18.6. The molecule has 1 aliphatic carbocycles. The molecule has 0 saturated carbocycles. The Hall–Kier alpha value is -1.53. The van der Waals surface area contributed by atoms with E-state index < -0.39 is 10.0 Å². The van der Waals surface area contributed by atoms with Crippen molar-refractivity contribution in [2.45, 2.75) is 44.9 Å². The molecular formula is C19H25ClN2O3S. The van der Waals surface area contributed by atoms with Crippen LogP contribution >= 0.6 is 11.6 Å². The molecule has 1 N–H and O–H groups in total. The Morgan fingerprint density at radius 3 is 2.77 bits per heavy atom. The second-order valence-corrected chi connectivity index (χ2v) is 9.29. The van der Waals surface area contributed by atoms with Crippen molar-refractivity contribution < 1.29 is 13.2 Å². The van der Waals surface area contributed by atoms with Gasteiger partial charge in [0.25, 0.3) is 5.91 Å². The number of allylic oxidation sites excluding steroid dienone is 1. The minimum Gasteiger partial charge on any atom is -0.352 e. The average Bonchev–Trinajstić information content (AvgIpc) is 2.63. The number of nitrogens with one attached hydrogen (secondary N) is 1. The van der Waals surface area contributed by atoms with Crippen LogP contribution in [-0.4, -0.2) is 33.2 Å². The van der Waals surface area contributed by atoms with E-state index in [9.17, 15) is 13.2 Å². The minimum absolute atomic E-state index is 0.145. The second kappa shape index (κ2) is 8.44. The van der Waals surface area contributed by atoms with Crippen molar-refractivity contribution >= 4 is 33.2 Å². The van der Waals surface area contributed by atoms with Crippen LogP contribution in [-0.2, 0) is 10.0 Å². The minimum atomic E-state index is -3.31. The molecule has 0 atom stereocenters. The predicted octanol–water partition coefficient (Wildman–Crippen LogP) is 3.89. The molecule has 1 heterocycles. The van der Waals surface area contributed by atoms with Gasteiger partial charge in [-0.3, -0.25) is 9.10 Å². The summed E-state index contributed by atoms with van der Waals surface area (Å²) in [5.74, 6) is -0.116. The number of hydrogen-bond donors (Lipinski definition) is 1. The number of halogens is 1. The van der Waals surface area contributed by atoms with Crippen molar-refractivity contribution in [3.63, 3.8) is 0 Å². The molecule has 0 unspecified atom stereocenters. The summed E-state index contributed by atoms with van der Waals surface area (Å²) in [4.78, 5) is 12.5. The fraction of sp³-hybridized carbons (Fsp3) is 0.526. The van der Waals surface area contributed by atoms with Gasteiger partial charge in [-0.05, 0) is 63.1 Å². The maximum atomic E-state index is 12.5. The van der Waals surface area contributed by atoms with E-state index >= 15 is 0 Å². The van der Waals surface area contributed by atoms with E-state index in [1.54, 1.807) is 18.2 Å². The Bertz CT molecular complexity index is 805. The fourth-order valence-corrected chi connectivity index (χ4v) is 5.32. The van der Waals surface area contributed by atoms with Crippen LogP contribution in [0.5, 0.6) is 0 Å². The van der Waals surface area contributed by atoms with Gasteiger partial charge in [-0.15, -0.1) is 0 Å². The van der Waals surface area contributed by atoms with Crippen molar-refractivity contribution in [1.29, 1.82) is 0 Å². The molecule has 2 aliphatic rings. The lowest BCUT2D eigenvalue weighted by atomic mass is 9.97. The molecule has 0 radical (unpaired) electrons. The van der Waals surface area contributed by atoms with Crippen LogP contribution in [0, 0.1) is 0 Å². The largest absolute Gasteiger partial charge is 0.352 e. The molecular weight excluding hydrogens is 372 g/mol. The first kappa shape index (κ1) is 19.2. The molecule has 1 aromatic rings. The molecule has 0 bridgehead atoms. The van der Waals surface area contributed by atoms with Crippen LogP contribution in [0.25, 0.3) is 0 Å². The molecule has 3 rings (SSSR count). The lowest BCUT2D eigenvalue weighted by Gasteiger charge is -2.28. The van der Waals surface area contributed by atoms with E-state index in [2.05, 4.69) is 11.4 Å². The summed E-state index contributed by atoms with van der Waals surface area (Å²) in [5.41, 5.74) is 2.23. The third-order valence-electron chi connectivity index (χ3n) is 4.95. The van der Waals surface area contributed by atoms with Crippen molar-refractivity contribution in [2.24, 2.45) is 0 Å². The summed E-state index contributed by atoms with van der Waals surface area (Å²) in [5, 5.41) is 3.24. The summed E-state index contributed by atoms with van der Waals surface area (Å²) in [6.07, 6.45) is 9.32. The molecule has 26 heavy (non-hydrogen) atoms. The Kier molecular flexibility index (Phi) is 6.24. The van der Waals surface area contributed by atoms with Gasteiger partial charge in [-0.25, -0.2) is 8.42 Å². The molecule has 1 saturated heterocycles. The normalized spacial score (nSPS) is 19.7. The lowest BCUT2D eigenvalue weighted by molar-refractivity contribution is 0.0954. The quantitative estimate of drug-likeness (QED) is 0.768. The number of amides is 1. The maximum absolute atomic E-state index is 12.5. The highest BCUT2D eigenvalue weighted by Crippen LogP contribution is 2.28. The van der Waals surface area contributed by atoms with E-state index in [1.807, 2.05) is 0 Å². The Labute approximate surface area is 160 Å². The number of rotatable bonds is 5. The van der Waals surface area contributed by atoms with Gasteiger partial charge in [0.2, 0.25) is 10.0 Å². The first-order valence-electron chi connectivity index (χ1n) is 9.23. The van der Waals surface area contributed by atoms with Crippen LogP contribution in [0.2, 0.25) is 5.02 Å². The van der Waals surface area contributed by atoms with Crippen molar-refractivity contribution in [2.75, 3.05) is 23.1 Å². The zero-order valence-corrected chi connectivity index (χ0v) is 16.4. The number of nitrogens with zero attached hydrogens (tertiary/aromatic N) is 1. The van der Waals surface area contributed by atoms with Gasteiger partial charge in [-0.1, -0.05) is 23.3 Å². The van der Waals surface area contributed by atoms with Crippen LogP contribution in [0.3, 0.4) is 0 Å². The fourth-order valence-electron chi connectivity index (χ4n) is 3.48. The van der Waals surface area contributed by atoms with Crippen LogP contribution in [0.15, 0.2) is 29.8 Å². The Morgan fingerprint density at radius 2 is 2.04 bits per heavy atom. The second-order valence-electron chi connectivity index (χ2n) is 6.87. The lowest BCUT2D eigenvalue weighted by Crippen LogP contribution is -2.38. The molecule has 1 fully saturated rings. The number of sulfonamides is 1. The molecule has 0 aromatic heterocycles. The predicted molar refractivity (Wildman–Crippen MR) is 105 cm³/mol. The van der Waals surface area contributed by atoms with Crippen molar-refractivity contribution in [3.8, 4) is 0 Å². The molecule has 1 aliphatic heterocycles. The number of carbonyl (C=O) groups excluding carboxylic acids is 1. The maximum Gasteiger partial charge on any atom is 0.252 e. The van der Waals surface area contributed by atoms with E-state index in [0.717, 1.165) is 25.7 Å². The highest BCUT2D eigenvalue weighted by molar-refractivity contribution is 7.92. The first-order valence-corrected chi connectivity index (χ1v) is 11.2. The van der Waals surface area contributed by atoms with E-state index in [-0.39, 0.29) is 11.7 Å². The SMILES string of the molecule is O=C(NCCC1=CCCCC1)c1cc(N2CCCCS2(=O)=O)ccc1Cl. The van der Waals surface area contributed by atoms with E-state index in [4.69, 9.17) is 11.6 Å². The summed E-state index contributed by atoms with van der Waals surface area (Å²) in [7, 11) is -3.31. The molecule has 1 amide bonds. The summed E-state index contributed by atoms with van der Waals surface area (Å²) < 4.78 is 25.9. The molecule has 1 aromatic carbocycles. The van der Waals surface area contributed by atoms with Gasteiger partial charge in [0, 0.05) is 13.1 Å². The summed E-state index contributed by atoms with van der Waals surface area (Å²) in [6.45, 7) is 1.01. The molecule has 142 valence electrons. The zero-order valence-electron chi connectivity index (χ0n) is 14.8. The molecule has 5 nitrogen and oxygen atoms in total. The number of hydrogen-bond acceptors (Lipinski definition) is 3. The summed E-state index contributed by atoms with van der Waals surface area (Å²) in [6, 6.07) is 4.84. The Balaban J connectivity index is 1.68. The highest BCUT2D eigenvalue weighted by Gasteiger charge is 2.27. The Morgan fingerprint density at radius 1 is 1.19 bits per heavy atom. The van der Waals surface area contributed by atoms with Crippen molar-refractivity contribution in [3.05, 3.63) is 40.4 Å². The van der Waals surface area contributed by atoms with Gasteiger partial charge in [0.15, 0.2) is 0 Å². The standard InChI is InChI=1S/C19H25ClN2O3S/c20-18-9-8-16(22-12-4-5-13-26(22,24)25)14-17(18)19(23)21-11-10-15-6-2-1-3-7-15/h6,8-9,14H,1-5,7,10-13H2,(H,21,23). The van der Waals surface area contributed by atoms with Gasteiger partial charge in [0.05, 0.1) is 22.0 Å². The van der Waals surface area contributed by atoms with Crippen LogP contribution in [0.4, 0.5) is 5.69 Å². The number of benzene rings is 1. The number of carbonyl (C=O) groups is 1. The van der Waals surface area contributed by atoms with E-state index in [1.165, 1.54) is 22.7 Å². The first-order chi connectivity index (χ1) is 12.5. The highest BCUT2D eigenvalue weighted by atomic mass is 35.5. The van der Waals surface area contributed by atoms with Crippen LogP contribution < -0.4 is 9.62 Å².